The number of nitrogens with one attached hydrogen (secondary N) is 1. The maximum Gasteiger partial charge on any atom is 0.237 e. The lowest BCUT2D eigenvalue weighted by molar-refractivity contribution is -0.130. The molecule has 0 aliphatic carbocycles. The summed E-state index contributed by atoms with van der Waals surface area (Å²) in [4.78, 5) is 13.6. The number of para-hydroxylation sites is 1. The van der Waals surface area contributed by atoms with Crippen LogP contribution in [0.3, 0.4) is 0 Å². The van der Waals surface area contributed by atoms with Crippen LogP contribution in [-0.4, -0.2) is 54.3 Å². The van der Waals surface area contributed by atoms with Crippen molar-refractivity contribution in [2.75, 3.05) is 26.2 Å². The molecule has 2 N–H and O–H groups in total. The van der Waals surface area contributed by atoms with E-state index in [9.17, 15) is 9.90 Å². The number of rotatable bonds is 7. The first-order chi connectivity index (χ1) is 10.7. The summed E-state index contributed by atoms with van der Waals surface area (Å²) in [7, 11) is 0. The molecule has 1 aliphatic heterocycles. The predicted octanol–water partition coefficient (Wildman–Crippen LogP) is 0.952. The number of nitriles is 1. The van der Waals surface area contributed by atoms with Gasteiger partial charge in [-0.15, -0.1) is 12.4 Å². The molecule has 1 fully saturated rings. The van der Waals surface area contributed by atoms with Crippen molar-refractivity contribution >= 4 is 18.3 Å². The number of halogens is 1. The highest BCUT2D eigenvalue weighted by molar-refractivity contribution is 5.85. The lowest BCUT2D eigenvalue weighted by atomic mass is 10.2. The van der Waals surface area contributed by atoms with E-state index < -0.39 is 6.10 Å². The van der Waals surface area contributed by atoms with Crippen LogP contribution in [0.15, 0.2) is 30.3 Å². The summed E-state index contributed by atoms with van der Waals surface area (Å²) < 4.78 is 5.43. The van der Waals surface area contributed by atoms with E-state index in [2.05, 4.69) is 11.4 Å². The fraction of sp³-hybridized carbons (Fsp3) is 0.500. The highest BCUT2D eigenvalue weighted by Gasteiger charge is 2.27. The second kappa shape index (κ2) is 10.1. The van der Waals surface area contributed by atoms with Gasteiger partial charge in [-0.25, -0.2) is 0 Å². The highest BCUT2D eigenvalue weighted by Crippen LogP contribution is 2.15. The Morgan fingerprint density at radius 1 is 1.48 bits per heavy atom. The molecule has 2 unspecified atom stereocenters. The number of carbonyl (C=O) groups excluding carboxylic acids is 1. The zero-order valence-corrected chi connectivity index (χ0v) is 13.7. The molecular formula is C16H22ClN3O3. The first-order valence-electron chi connectivity index (χ1n) is 7.46. The zero-order chi connectivity index (χ0) is 15.8. The van der Waals surface area contributed by atoms with Gasteiger partial charge in [0.05, 0.1) is 12.6 Å². The molecule has 2 atom stereocenters. The third kappa shape index (κ3) is 6.06. The summed E-state index contributed by atoms with van der Waals surface area (Å²) >= 11 is 0. The van der Waals surface area contributed by atoms with Gasteiger partial charge in [-0.05, 0) is 25.0 Å². The van der Waals surface area contributed by atoms with Crippen LogP contribution in [0.2, 0.25) is 0 Å². The van der Waals surface area contributed by atoms with E-state index in [-0.39, 0.29) is 44.1 Å². The van der Waals surface area contributed by atoms with Crippen molar-refractivity contribution in [1.29, 1.82) is 5.26 Å². The molecule has 7 heteroatoms. The smallest absolute Gasteiger partial charge is 0.237 e. The molecule has 6 nitrogen and oxygen atoms in total. The molecule has 23 heavy (non-hydrogen) atoms. The topological polar surface area (TPSA) is 85.6 Å². The summed E-state index contributed by atoms with van der Waals surface area (Å²) in [5, 5.41) is 21.7. The summed E-state index contributed by atoms with van der Waals surface area (Å²) in [6.07, 6.45) is 0.922. The molecule has 1 aliphatic rings. The Balaban J connectivity index is 0.00000264. The van der Waals surface area contributed by atoms with Gasteiger partial charge < -0.3 is 20.1 Å². The van der Waals surface area contributed by atoms with Crippen LogP contribution in [0.5, 0.6) is 5.75 Å². The number of carbonyl (C=O) groups is 1. The van der Waals surface area contributed by atoms with E-state index in [1.807, 2.05) is 30.3 Å². The van der Waals surface area contributed by atoms with E-state index in [1.165, 1.54) is 0 Å². The largest absolute Gasteiger partial charge is 0.491 e. The van der Waals surface area contributed by atoms with E-state index in [1.54, 1.807) is 4.90 Å². The minimum Gasteiger partial charge on any atom is -0.491 e. The molecule has 1 aromatic carbocycles. The van der Waals surface area contributed by atoms with Crippen LogP contribution in [0.25, 0.3) is 0 Å². The Hall–Kier alpha value is -1.81. The Morgan fingerprint density at radius 3 is 2.91 bits per heavy atom. The lowest BCUT2D eigenvalue weighted by Crippen LogP contribution is -2.42. The molecule has 0 aromatic heterocycles. The molecular weight excluding hydrogens is 318 g/mol. The molecule has 126 valence electrons. The molecule has 0 saturated carbocycles. The molecule has 1 saturated heterocycles. The lowest BCUT2D eigenvalue weighted by Gasteiger charge is -2.20. The van der Waals surface area contributed by atoms with Gasteiger partial charge in [-0.2, -0.15) is 5.26 Å². The SMILES string of the molecule is Cl.N#CC1CCCN1C(=O)CNCC(O)COc1ccccc1. The monoisotopic (exact) mass is 339 g/mol. The van der Waals surface area contributed by atoms with Crippen molar-refractivity contribution in [3.05, 3.63) is 30.3 Å². The number of nitrogens with zero attached hydrogens (tertiary/aromatic N) is 2. The number of benzene rings is 1. The quantitative estimate of drug-likeness (QED) is 0.772. The fourth-order valence-electron chi connectivity index (χ4n) is 2.41. The maximum absolute atomic E-state index is 12.0. The molecule has 0 radical (unpaired) electrons. The zero-order valence-electron chi connectivity index (χ0n) is 12.9. The Kier molecular flexibility index (Phi) is 8.41. The third-order valence-corrected chi connectivity index (χ3v) is 3.56. The number of ether oxygens (including phenoxy) is 1. The minimum atomic E-state index is -0.696. The average molecular weight is 340 g/mol. The van der Waals surface area contributed by atoms with Gasteiger partial charge in [0.15, 0.2) is 0 Å². The number of hydrogen-bond donors (Lipinski definition) is 2. The van der Waals surface area contributed by atoms with Crippen molar-refractivity contribution in [2.24, 2.45) is 0 Å². The average Bonchev–Trinajstić information content (AvgIpc) is 3.02. The van der Waals surface area contributed by atoms with Crippen LogP contribution >= 0.6 is 12.4 Å². The standard InChI is InChI=1S/C16H21N3O3.ClH/c17-9-13-5-4-8-19(13)16(21)11-18-10-14(20)12-22-15-6-2-1-3-7-15;/h1-3,6-7,13-14,18,20H,4-5,8,10-12H2;1H. The molecule has 1 amide bonds. The van der Waals surface area contributed by atoms with Gasteiger partial charge in [0.1, 0.15) is 24.5 Å². The normalized spacial score (nSPS) is 17.9. The van der Waals surface area contributed by atoms with Crippen LogP contribution in [0.4, 0.5) is 0 Å². The molecule has 1 heterocycles. The summed E-state index contributed by atoms with van der Waals surface area (Å²) in [6.45, 7) is 1.19. The summed E-state index contributed by atoms with van der Waals surface area (Å²) in [6, 6.07) is 11.1. The Bertz CT molecular complexity index is 521. The first-order valence-corrected chi connectivity index (χ1v) is 7.46. The van der Waals surface area contributed by atoms with E-state index in [0.29, 0.717) is 12.3 Å². The number of amides is 1. The highest BCUT2D eigenvalue weighted by atomic mass is 35.5. The predicted molar refractivity (Wildman–Crippen MR) is 88.4 cm³/mol. The van der Waals surface area contributed by atoms with Crippen LogP contribution in [-0.2, 0) is 4.79 Å². The first kappa shape index (κ1) is 19.2. The number of hydrogen-bond acceptors (Lipinski definition) is 5. The number of likely N-dealkylation sites (tertiary alicyclic amines) is 1. The second-order valence-electron chi connectivity index (χ2n) is 5.28. The fourth-order valence-corrected chi connectivity index (χ4v) is 2.41. The minimum absolute atomic E-state index is 0. The van der Waals surface area contributed by atoms with Crippen molar-refractivity contribution in [1.82, 2.24) is 10.2 Å². The van der Waals surface area contributed by atoms with Gasteiger partial charge in [-0.1, -0.05) is 18.2 Å². The van der Waals surface area contributed by atoms with Crippen molar-refractivity contribution in [2.45, 2.75) is 25.0 Å². The van der Waals surface area contributed by atoms with Crippen LogP contribution in [0.1, 0.15) is 12.8 Å². The molecule has 1 aromatic rings. The number of aliphatic hydroxyl groups is 1. The maximum atomic E-state index is 12.0. The van der Waals surface area contributed by atoms with Gasteiger partial charge >= 0.3 is 0 Å². The Morgan fingerprint density at radius 2 is 2.22 bits per heavy atom. The van der Waals surface area contributed by atoms with E-state index >= 15 is 0 Å². The van der Waals surface area contributed by atoms with Crippen LogP contribution in [0, 0.1) is 11.3 Å². The van der Waals surface area contributed by atoms with Crippen molar-refractivity contribution < 1.29 is 14.6 Å². The second-order valence-corrected chi connectivity index (χ2v) is 5.28. The van der Waals surface area contributed by atoms with E-state index in [4.69, 9.17) is 10.00 Å². The third-order valence-electron chi connectivity index (χ3n) is 3.56. The molecule has 0 bridgehead atoms. The molecule has 2 rings (SSSR count). The van der Waals surface area contributed by atoms with Gasteiger partial charge in [0, 0.05) is 13.1 Å². The summed E-state index contributed by atoms with van der Waals surface area (Å²) in [5.41, 5.74) is 0. The van der Waals surface area contributed by atoms with Crippen molar-refractivity contribution in [3.8, 4) is 11.8 Å². The van der Waals surface area contributed by atoms with Gasteiger partial charge in [0.2, 0.25) is 5.91 Å². The van der Waals surface area contributed by atoms with Crippen molar-refractivity contribution in [3.63, 3.8) is 0 Å². The summed E-state index contributed by atoms with van der Waals surface area (Å²) in [5.74, 6) is 0.604. The van der Waals surface area contributed by atoms with Crippen LogP contribution < -0.4 is 10.1 Å². The van der Waals surface area contributed by atoms with Gasteiger partial charge in [-0.3, -0.25) is 4.79 Å². The molecule has 0 spiro atoms. The van der Waals surface area contributed by atoms with Gasteiger partial charge in [0.25, 0.3) is 0 Å². The van der Waals surface area contributed by atoms with E-state index in [0.717, 1.165) is 12.8 Å². The number of aliphatic hydroxyl groups excluding tert-OH is 1. The Labute approximate surface area is 142 Å².